The van der Waals surface area contributed by atoms with E-state index in [0.29, 0.717) is 12.8 Å². The first kappa shape index (κ1) is 11.7. The summed E-state index contributed by atoms with van der Waals surface area (Å²) in [5, 5.41) is 0. The summed E-state index contributed by atoms with van der Waals surface area (Å²) in [6, 6.07) is 0. The van der Waals surface area contributed by atoms with Gasteiger partial charge in [0.1, 0.15) is 5.78 Å². The van der Waals surface area contributed by atoms with Crippen molar-refractivity contribution in [3.63, 3.8) is 0 Å². The Labute approximate surface area is 89.8 Å². The highest BCUT2D eigenvalue weighted by atomic mass is 16.5. The fraction of sp³-hybridized carbons (Fsp3) is 0.500. The Morgan fingerprint density at radius 3 is 2.33 bits per heavy atom. The van der Waals surface area contributed by atoms with Crippen molar-refractivity contribution in [2.75, 3.05) is 7.11 Å². The summed E-state index contributed by atoms with van der Waals surface area (Å²) in [4.78, 5) is 22.3. The maximum absolute atomic E-state index is 11.5. The van der Waals surface area contributed by atoms with Crippen molar-refractivity contribution in [2.45, 2.75) is 25.7 Å². The van der Waals surface area contributed by atoms with Crippen LogP contribution in [0.15, 0.2) is 24.3 Å². The molecule has 0 atom stereocenters. The van der Waals surface area contributed by atoms with E-state index >= 15 is 0 Å². The van der Waals surface area contributed by atoms with Gasteiger partial charge in [-0.1, -0.05) is 24.3 Å². The average molecular weight is 208 g/mol. The first-order valence-corrected chi connectivity index (χ1v) is 5.18. The number of ketones is 1. The molecule has 0 unspecified atom stereocenters. The molecule has 3 heteroatoms. The summed E-state index contributed by atoms with van der Waals surface area (Å²) in [6.07, 6.45) is 9.97. The third-order valence-corrected chi connectivity index (χ3v) is 2.40. The van der Waals surface area contributed by atoms with Crippen LogP contribution in [0.3, 0.4) is 0 Å². The van der Waals surface area contributed by atoms with Gasteiger partial charge in [0.15, 0.2) is 0 Å². The molecule has 1 rings (SSSR count). The highest BCUT2D eigenvalue weighted by molar-refractivity contribution is 5.85. The lowest BCUT2D eigenvalue weighted by Gasteiger charge is -2.03. The van der Waals surface area contributed by atoms with Crippen LogP contribution >= 0.6 is 0 Å². The summed E-state index contributed by atoms with van der Waals surface area (Å²) in [5.41, 5.74) is 0. The maximum atomic E-state index is 11.5. The molecule has 0 amide bonds. The minimum atomic E-state index is -0.205. The van der Waals surface area contributed by atoms with Crippen molar-refractivity contribution in [3.8, 4) is 0 Å². The third-order valence-electron chi connectivity index (χ3n) is 2.40. The predicted molar refractivity (Wildman–Crippen MR) is 57.3 cm³/mol. The minimum absolute atomic E-state index is 0.0388. The fourth-order valence-corrected chi connectivity index (χ4v) is 1.48. The van der Waals surface area contributed by atoms with Crippen LogP contribution < -0.4 is 0 Å². The summed E-state index contributed by atoms with van der Waals surface area (Å²) >= 11 is 0. The van der Waals surface area contributed by atoms with Gasteiger partial charge in [0, 0.05) is 12.8 Å². The number of rotatable bonds is 6. The van der Waals surface area contributed by atoms with E-state index in [4.69, 9.17) is 0 Å². The van der Waals surface area contributed by atoms with Gasteiger partial charge in [-0.05, 0) is 12.8 Å². The van der Waals surface area contributed by atoms with E-state index in [2.05, 4.69) is 4.74 Å². The molecule has 1 aliphatic rings. The molecule has 0 radical (unpaired) electrons. The molecule has 0 spiro atoms. The van der Waals surface area contributed by atoms with Gasteiger partial charge in [-0.3, -0.25) is 9.59 Å². The smallest absolute Gasteiger partial charge is 0.305 e. The van der Waals surface area contributed by atoms with E-state index in [1.54, 1.807) is 0 Å². The van der Waals surface area contributed by atoms with Crippen molar-refractivity contribution >= 4 is 11.8 Å². The van der Waals surface area contributed by atoms with Gasteiger partial charge >= 0.3 is 5.97 Å². The zero-order chi connectivity index (χ0) is 11.1. The van der Waals surface area contributed by atoms with Gasteiger partial charge < -0.3 is 4.74 Å². The first-order chi connectivity index (χ1) is 7.24. The van der Waals surface area contributed by atoms with Gasteiger partial charge in [0.25, 0.3) is 0 Å². The molecule has 3 nitrogen and oxygen atoms in total. The Hall–Kier alpha value is -1.38. The van der Waals surface area contributed by atoms with Crippen LogP contribution in [0.25, 0.3) is 0 Å². The number of methoxy groups -OCH3 is 1. The lowest BCUT2D eigenvalue weighted by atomic mass is 10.0. The Kier molecular flexibility index (Phi) is 4.81. The van der Waals surface area contributed by atoms with E-state index in [0.717, 1.165) is 12.8 Å². The van der Waals surface area contributed by atoms with Crippen molar-refractivity contribution in [1.82, 2.24) is 0 Å². The maximum Gasteiger partial charge on any atom is 0.305 e. The largest absolute Gasteiger partial charge is 0.469 e. The number of unbranched alkanes of at least 4 members (excludes halogenated alkanes) is 1. The second-order valence-corrected chi connectivity index (χ2v) is 3.55. The van der Waals surface area contributed by atoms with E-state index in [9.17, 15) is 9.59 Å². The number of Topliss-reactive ketones (excluding diaryl/α,β-unsaturated/α-hetero) is 1. The highest BCUT2D eigenvalue weighted by Gasteiger charge is 2.13. The van der Waals surface area contributed by atoms with Crippen LogP contribution in [0.5, 0.6) is 0 Å². The molecule has 82 valence electrons. The lowest BCUT2D eigenvalue weighted by molar-refractivity contribution is -0.140. The number of allylic oxidation sites excluding steroid dienone is 4. The quantitative estimate of drug-likeness (QED) is 0.495. The number of hydrogen-bond acceptors (Lipinski definition) is 3. The topological polar surface area (TPSA) is 43.4 Å². The predicted octanol–water partition coefficient (Wildman–Crippen LogP) is 2.03. The molecule has 0 saturated carbocycles. The lowest BCUT2D eigenvalue weighted by Crippen LogP contribution is -2.08. The standard InChI is InChI=1S/C12H16O3/c1-15-12(14)9-5-4-8-11(13)10-6-2-3-7-10/h2-3,6-7,10H,4-5,8-9H2,1H3. The van der Waals surface area contributed by atoms with Gasteiger partial charge in [0.05, 0.1) is 13.0 Å². The first-order valence-electron chi connectivity index (χ1n) is 5.18. The Bertz CT molecular complexity index is 277. The summed E-state index contributed by atoms with van der Waals surface area (Å²) in [5.74, 6) is -0.0175. The molecule has 0 aromatic rings. The molecule has 0 aromatic heterocycles. The van der Waals surface area contributed by atoms with Gasteiger partial charge in [-0.2, -0.15) is 0 Å². The third kappa shape index (κ3) is 4.11. The fourth-order valence-electron chi connectivity index (χ4n) is 1.48. The van der Waals surface area contributed by atoms with Crippen molar-refractivity contribution in [3.05, 3.63) is 24.3 Å². The highest BCUT2D eigenvalue weighted by Crippen LogP contribution is 2.14. The average Bonchev–Trinajstić information content (AvgIpc) is 2.77. The number of carbonyl (C=O) groups excluding carboxylic acids is 2. The Balaban J connectivity index is 2.10. The van der Waals surface area contributed by atoms with Crippen molar-refractivity contribution < 1.29 is 14.3 Å². The summed E-state index contributed by atoms with van der Waals surface area (Å²) < 4.78 is 4.51. The van der Waals surface area contributed by atoms with Crippen LogP contribution in [-0.2, 0) is 14.3 Å². The van der Waals surface area contributed by atoms with Crippen LogP contribution in [0.2, 0.25) is 0 Å². The van der Waals surface area contributed by atoms with Crippen molar-refractivity contribution in [2.24, 2.45) is 5.92 Å². The Morgan fingerprint density at radius 1 is 1.13 bits per heavy atom. The monoisotopic (exact) mass is 208 g/mol. The minimum Gasteiger partial charge on any atom is -0.469 e. The number of carbonyl (C=O) groups is 2. The molecule has 0 bridgehead atoms. The Morgan fingerprint density at radius 2 is 1.73 bits per heavy atom. The zero-order valence-electron chi connectivity index (χ0n) is 8.94. The molecule has 0 saturated heterocycles. The number of ether oxygens (including phenoxy) is 1. The second-order valence-electron chi connectivity index (χ2n) is 3.55. The van der Waals surface area contributed by atoms with E-state index in [1.807, 2.05) is 24.3 Å². The normalized spacial score (nSPS) is 14.5. The number of esters is 1. The molecule has 0 N–H and O–H groups in total. The molecule has 15 heavy (non-hydrogen) atoms. The van der Waals surface area contributed by atoms with E-state index < -0.39 is 0 Å². The zero-order valence-corrected chi connectivity index (χ0v) is 8.94. The molecule has 1 aliphatic carbocycles. The van der Waals surface area contributed by atoms with E-state index in [1.165, 1.54) is 7.11 Å². The van der Waals surface area contributed by atoms with Gasteiger partial charge in [-0.15, -0.1) is 0 Å². The second kappa shape index (κ2) is 6.17. The molecule has 0 heterocycles. The SMILES string of the molecule is COC(=O)CCCCC(=O)C1C=CC=C1. The van der Waals surface area contributed by atoms with Crippen molar-refractivity contribution in [1.29, 1.82) is 0 Å². The molecule has 0 fully saturated rings. The summed E-state index contributed by atoms with van der Waals surface area (Å²) in [6.45, 7) is 0. The molecule has 0 aliphatic heterocycles. The van der Waals surface area contributed by atoms with Gasteiger partial charge in [-0.25, -0.2) is 0 Å². The van der Waals surface area contributed by atoms with E-state index in [-0.39, 0.29) is 17.7 Å². The molecular formula is C12H16O3. The van der Waals surface area contributed by atoms with Crippen LogP contribution in [0.1, 0.15) is 25.7 Å². The van der Waals surface area contributed by atoms with Crippen LogP contribution in [0, 0.1) is 5.92 Å². The molecular weight excluding hydrogens is 192 g/mol. The number of hydrogen-bond donors (Lipinski definition) is 0. The van der Waals surface area contributed by atoms with Gasteiger partial charge in [0.2, 0.25) is 0 Å². The van der Waals surface area contributed by atoms with Crippen LogP contribution in [-0.4, -0.2) is 18.9 Å². The van der Waals surface area contributed by atoms with Crippen LogP contribution in [0.4, 0.5) is 0 Å². The molecule has 0 aromatic carbocycles. The summed E-state index contributed by atoms with van der Waals surface area (Å²) in [7, 11) is 1.38.